The Morgan fingerprint density at radius 2 is 2.08 bits per heavy atom. The summed E-state index contributed by atoms with van der Waals surface area (Å²) in [5.74, 6) is 0.593. The molecule has 1 fully saturated rings. The first-order chi connectivity index (χ1) is 11.6. The van der Waals surface area contributed by atoms with Crippen LogP contribution in [0.1, 0.15) is 11.3 Å². The van der Waals surface area contributed by atoms with Gasteiger partial charge in [-0.25, -0.2) is 4.63 Å². The van der Waals surface area contributed by atoms with Gasteiger partial charge in [0.25, 0.3) is 0 Å². The summed E-state index contributed by atoms with van der Waals surface area (Å²) in [6, 6.07) is 5.16. The molecule has 0 aliphatic carbocycles. The molecule has 0 atom stereocenters. The van der Waals surface area contributed by atoms with Gasteiger partial charge in [0, 0.05) is 28.7 Å². The molecule has 0 amide bonds. The molecule has 0 saturated carbocycles. The first-order valence-corrected chi connectivity index (χ1v) is 7.95. The molecule has 1 saturated heterocycles. The van der Waals surface area contributed by atoms with Crippen molar-refractivity contribution in [3.05, 3.63) is 39.5 Å². The molecule has 0 bridgehead atoms. The average molecular weight is 372 g/mol. The van der Waals surface area contributed by atoms with Crippen LogP contribution >= 0.6 is 23.2 Å². The van der Waals surface area contributed by atoms with Gasteiger partial charge in [-0.1, -0.05) is 34.4 Å². The minimum atomic E-state index is 0.147. The second-order valence-corrected chi connectivity index (χ2v) is 5.87. The highest BCUT2D eigenvalue weighted by molar-refractivity contribution is 6.35. The zero-order valence-corrected chi connectivity index (χ0v) is 14.1. The number of aromatic nitrogens is 2. The Morgan fingerprint density at radius 3 is 2.75 bits per heavy atom. The summed E-state index contributed by atoms with van der Waals surface area (Å²) < 4.78 is 10.00. The van der Waals surface area contributed by atoms with Crippen molar-refractivity contribution in [2.75, 3.05) is 32.0 Å². The Morgan fingerprint density at radius 1 is 1.29 bits per heavy atom. The smallest absolute Gasteiger partial charge is 0.201 e. The van der Waals surface area contributed by atoms with Crippen molar-refractivity contribution >= 4 is 34.9 Å². The Bertz CT molecular complexity index is 731. The molecule has 2 aromatic rings. The van der Waals surface area contributed by atoms with E-state index in [1.165, 1.54) is 0 Å². The Hall–Kier alpha value is -2.03. The number of nitrogen functional groups attached to an aromatic ring is 1. The van der Waals surface area contributed by atoms with Crippen LogP contribution in [0.4, 0.5) is 5.82 Å². The maximum Gasteiger partial charge on any atom is 0.201 e. The lowest BCUT2D eigenvalue weighted by Crippen LogP contribution is -2.41. The minimum absolute atomic E-state index is 0.147. The molecule has 1 aromatic carbocycles. The molecule has 128 valence electrons. The molecule has 0 spiro atoms. The normalized spacial score (nSPS) is 15.6. The van der Waals surface area contributed by atoms with Crippen LogP contribution in [-0.2, 0) is 16.2 Å². The Balaban J connectivity index is 1.77. The summed E-state index contributed by atoms with van der Waals surface area (Å²) in [5, 5.41) is 12.6. The molecule has 0 unspecified atom stereocenters. The molecule has 10 heteroatoms. The van der Waals surface area contributed by atoms with Crippen molar-refractivity contribution in [2.45, 2.75) is 6.61 Å². The summed E-state index contributed by atoms with van der Waals surface area (Å²) in [5.41, 5.74) is 6.87. The molecule has 2 heterocycles. The van der Waals surface area contributed by atoms with Gasteiger partial charge in [0.1, 0.15) is 6.61 Å². The number of amidine groups is 1. The van der Waals surface area contributed by atoms with Crippen molar-refractivity contribution in [1.29, 1.82) is 0 Å². The number of morpholine rings is 1. The van der Waals surface area contributed by atoms with E-state index in [1.54, 1.807) is 18.2 Å². The van der Waals surface area contributed by atoms with Crippen molar-refractivity contribution < 1.29 is 14.2 Å². The highest BCUT2D eigenvalue weighted by Crippen LogP contribution is 2.22. The van der Waals surface area contributed by atoms with E-state index in [-0.39, 0.29) is 12.4 Å². The third-order valence-corrected chi connectivity index (χ3v) is 4.01. The van der Waals surface area contributed by atoms with Crippen LogP contribution in [-0.4, -0.2) is 47.4 Å². The summed E-state index contributed by atoms with van der Waals surface area (Å²) in [6.45, 7) is 2.60. The number of oxime groups is 1. The zero-order valence-electron chi connectivity index (χ0n) is 12.6. The molecule has 3 rings (SSSR count). The third kappa shape index (κ3) is 3.89. The van der Waals surface area contributed by atoms with Crippen LogP contribution in [0.2, 0.25) is 10.0 Å². The van der Waals surface area contributed by atoms with Crippen LogP contribution in [0.25, 0.3) is 0 Å². The van der Waals surface area contributed by atoms with Gasteiger partial charge in [-0.2, -0.15) is 0 Å². The van der Waals surface area contributed by atoms with E-state index in [9.17, 15) is 0 Å². The summed E-state index contributed by atoms with van der Waals surface area (Å²) in [4.78, 5) is 7.39. The molecule has 1 aliphatic heterocycles. The van der Waals surface area contributed by atoms with Gasteiger partial charge >= 0.3 is 0 Å². The van der Waals surface area contributed by atoms with Crippen LogP contribution in [0.15, 0.2) is 28.0 Å². The number of halogens is 2. The molecule has 24 heavy (non-hydrogen) atoms. The summed E-state index contributed by atoms with van der Waals surface area (Å²) in [7, 11) is 0. The lowest BCUT2D eigenvalue weighted by Gasteiger charge is -2.28. The number of benzene rings is 1. The van der Waals surface area contributed by atoms with E-state index in [0.29, 0.717) is 47.9 Å². The number of ether oxygens (including phenoxy) is 1. The fourth-order valence-electron chi connectivity index (χ4n) is 2.18. The second-order valence-electron chi connectivity index (χ2n) is 5.02. The highest BCUT2D eigenvalue weighted by Gasteiger charge is 2.23. The Labute approximate surface area is 148 Å². The van der Waals surface area contributed by atoms with Gasteiger partial charge in [-0.05, 0) is 22.4 Å². The zero-order chi connectivity index (χ0) is 16.9. The lowest BCUT2D eigenvalue weighted by molar-refractivity contribution is 0.0630. The van der Waals surface area contributed by atoms with Crippen LogP contribution in [0.5, 0.6) is 0 Å². The first-order valence-electron chi connectivity index (χ1n) is 7.20. The molecule has 1 aliphatic rings. The molecule has 2 N–H and O–H groups in total. The Kier molecular flexibility index (Phi) is 5.39. The maximum atomic E-state index is 6.12. The molecule has 8 nitrogen and oxygen atoms in total. The van der Waals surface area contributed by atoms with E-state index in [4.69, 9.17) is 38.5 Å². The van der Waals surface area contributed by atoms with E-state index < -0.39 is 0 Å². The first kappa shape index (κ1) is 16.8. The topological polar surface area (TPSA) is 99.0 Å². The van der Waals surface area contributed by atoms with Gasteiger partial charge in [0.2, 0.25) is 5.84 Å². The number of nitrogens with two attached hydrogens (primary N) is 1. The van der Waals surface area contributed by atoms with Gasteiger partial charge in [0.05, 0.1) is 13.2 Å². The number of anilines is 1. The maximum absolute atomic E-state index is 6.12. The SMILES string of the molecule is Nc1nonc1/C(=N\OCc1ccc(Cl)cc1Cl)N1CCOCC1. The van der Waals surface area contributed by atoms with Gasteiger partial charge in [-0.3, -0.25) is 0 Å². The quantitative estimate of drug-likeness (QED) is 0.499. The van der Waals surface area contributed by atoms with Gasteiger partial charge in [-0.15, -0.1) is 0 Å². The van der Waals surface area contributed by atoms with Crippen LogP contribution < -0.4 is 5.73 Å². The number of hydrogen-bond acceptors (Lipinski definition) is 7. The molecular weight excluding hydrogens is 357 g/mol. The predicted molar refractivity (Wildman–Crippen MR) is 88.9 cm³/mol. The number of rotatable bonds is 4. The number of nitrogens with zero attached hydrogens (tertiary/aromatic N) is 4. The fraction of sp³-hybridized carbons (Fsp3) is 0.357. The summed E-state index contributed by atoms with van der Waals surface area (Å²) in [6.07, 6.45) is 0. The minimum Gasteiger partial charge on any atom is -0.389 e. The average Bonchev–Trinajstić information content (AvgIpc) is 3.00. The third-order valence-electron chi connectivity index (χ3n) is 3.42. The predicted octanol–water partition coefficient (Wildman–Crippen LogP) is 2.17. The van der Waals surface area contributed by atoms with Crippen molar-refractivity contribution in [3.63, 3.8) is 0 Å². The van der Waals surface area contributed by atoms with Crippen molar-refractivity contribution in [3.8, 4) is 0 Å². The van der Waals surface area contributed by atoms with E-state index in [1.807, 2.05) is 4.90 Å². The monoisotopic (exact) mass is 371 g/mol. The van der Waals surface area contributed by atoms with Crippen molar-refractivity contribution in [1.82, 2.24) is 15.2 Å². The largest absolute Gasteiger partial charge is 0.389 e. The van der Waals surface area contributed by atoms with Gasteiger partial charge in [0.15, 0.2) is 11.5 Å². The van der Waals surface area contributed by atoms with Crippen LogP contribution in [0, 0.1) is 0 Å². The van der Waals surface area contributed by atoms with Crippen LogP contribution in [0.3, 0.4) is 0 Å². The fourth-order valence-corrected chi connectivity index (χ4v) is 2.64. The van der Waals surface area contributed by atoms with E-state index >= 15 is 0 Å². The highest BCUT2D eigenvalue weighted by atomic mass is 35.5. The lowest BCUT2D eigenvalue weighted by atomic mass is 10.2. The molecule has 1 aromatic heterocycles. The molecular formula is C14H15Cl2N5O3. The van der Waals surface area contributed by atoms with E-state index in [2.05, 4.69) is 20.1 Å². The van der Waals surface area contributed by atoms with E-state index in [0.717, 1.165) is 5.56 Å². The standard InChI is InChI=1S/C14H15Cl2N5O3/c15-10-2-1-9(11(16)7-10)8-23-20-14(12-13(17)19-24-18-12)21-3-5-22-6-4-21/h1-2,7H,3-6,8H2,(H2,17,19)/b20-14+. The molecule has 0 radical (unpaired) electrons. The second kappa shape index (κ2) is 7.69. The number of hydrogen-bond donors (Lipinski definition) is 1. The van der Waals surface area contributed by atoms with Crippen molar-refractivity contribution in [2.24, 2.45) is 5.16 Å². The summed E-state index contributed by atoms with van der Waals surface area (Å²) >= 11 is 12.0. The van der Waals surface area contributed by atoms with Gasteiger partial charge < -0.3 is 20.2 Å².